The van der Waals surface area contributed by atoms with Crippen LogP contribution in [0.25, 0.3) is 11.3 Å². The Hall–Kier alpha value is -2.53. The Morgan fingerprint density at radius 2 is 1.70 bits per heavy atom. The number of hydrogen-bond donors (Lipinski definition) is 3. The van der Waals surface area contributed by atoms with Crippen LogP contribution in [0, 0.1) is 0 Å². The molecule has 0 aliphatic heterocycles. The molecular weight excluding hydrogens is 356 g/mol. The van der Waals surface area contributed by atoms with Crippen LogP contribution in [0.3, 0.4) is 0 Å². The highest BCUT2D eigenvalue weighted by Gasteiger charge is 2.08. The van der Waals surface area contributed by atoms with Gasteiger partial charge in [-0.25, -0.2) is 4.98 Å². The van der Waals surface area contributed by atoms with Gasteiger partial charge in [0.25, 0.3) is 0 Å². The van der Waals surface area contributed by atoms with Crippen molar-refractivity contribution in [1.29, 1.82) is 0 Å². The molecule has 1 heterocycles. The minimum Gasteiger partial charge on any atom is -0.504 e. The van der Waals surface area contributed by atoms with Crippen LogP contribution in [-0.4, -0.2) is 15.2 Å². The fraction of sp³-hybridized carbons (Fsp3) is 0.318. The molecule has 0 bridgehead atoms. The van der Waals surface area contributed by atoms with Crippen molar-refractivity contribution in [2.45, 2.75) is 45.4 Å². The van der Waals surface area contributed by atoms with Crippen molar-refractivity contribution >= 4 is 22.2 Å². The Labute approximate surface area is 164 Å². The van der Waals surface area contributed by atoms with Crippen molar-refractivity contribution in [1.82, 2.24) is 4.98 Å². The van der Waals surface area contributed by atoms with Crippen molar-refractivity contribution in [3.05, 3.63) is 53.4 Å². The maximum atomic E-state index is 9.64. The first kappa shape index (κ1) is 19.2. The van der Waals surface area contributed by atoms with Crippen LogP contribution in [0.5, 0.6) is 11.5 Å². The van der Waals surface area contributed by atoms with Crippen LogP contribution in [0.1, 0.15) is 44.6 Å². The number of phenolic OH excluding ortho intramolecular Hbond substituents is 2. The van der Waals surface area contributed by atoms with Crippen LogP contribution < -0.4 is 5.32 Å². The summed E-state index contributed by atoms with van der Waals surface area (Å²) in [7, 11) is 0. The second-order valence-electron chi connectivity index (χ2n) is 6.73. The second kappa shape index (κ2) is 9.42. The average molecular weight is 383 g/mol. The summed E-state index contributed by atoms with van der Waals surface area (Å²) in [6.45, 7) is 2.24. The van der Waals surface area contributed by atoms with Gasteiger partial charge in [-0.15, -0.1) is 11.3 Å². The number of hydrogen-bond acceptors (Lipinski definition) is 5. The van der Waals surface area contributed by atoms with E-state index in [1.807, 2.05) is 5.38 Å². The average Bonchev–Trinajstić information content (AvgIpc) is 3.14. The lowest BCUT2D eigenvalue weighted by Crippen LogP contribution is -1.91. The molecule has 0 fully saturated rings. The fourth-order valence-corrected chi connectivity index (χ4v) is 3.70. The molecule has 0 aliphatic carbocycles. The molecule has 0 radical (unpaired) electrons. The van der Waals surface area contributed by atoms with Gasteiger partial charge in [0.1, 0.15) is 0 Å². The summed E-state index contributed by atoms with van der Waals surface area (Å²) < 4.78 is 0. The number of phenols is 2. The molecule has 0 amide bonds. The number of thiazole rings is 1. The summed E-state index contributed by atoms with van der Waals surface area (Å²) >= 11 is 1.51. The van der Waals surface area contributed by atoms with Crippen molar-refractivity contribution < 1.29 is 10.2 Å². The number of rotatable bonds is 9. The van der Waals surface area contributed by atoms with Crippen molar-refractivity contribution in [3.8, 4) is 22.8 Å². The summed E-state index contributed by atoms with van der Waals surface area (Å²) in [6.07, 6.45) is 7.65. The third-order valence-corrected chi connectivity index (χ3v) is 5.31. The van der Waals surface area contributed by atoms with Gasteiger partial charge < -0.3 is 15.5 Å². The number of nitrogens with one attached hydrogen (secondary N) is 1. The first-order valence-electron chi connectivity index (χ1n) is 9.49. The van der Waals surface area contributed by atoms with Gasteiger partial charge >= 0.3 is 0 Å². The number of aromatic hydroxyl groups is 2. The topological polar surface area (TPSA) is 65.4 Å². The van der Waals surface area contributed by atoms with Crippen molar-refractivity contribution in [3.63, 3.8) is 0 Å². The minimum absolute atomic E-state index is 0.127. The Bertz CT molecular complexity index is 859. The van der Waals surface area contributed by atoms with Crippen LogP contribution in [0.4, 0.5) is 10.8 Å². The summed E-state index contributed by atoms with van der Waals surface area (Å²) in [6, 6.07) is 13.3. The summed E-state index contributed by atoms with van der Waals surface area (Å²) in [5, 5.41) is 25.1. The number of anilines is 2. The molecule has 0 atom stereocenters. The van der Waals surface area contributed by atoms with Gasteiger partial charge in [0, 0.05) is 16.6 Å². The summed E-state index contributed by atoms with van der Waals surface area (Å²) in [5.41, 5.74) is 3.92. The zero-order chi connectivity index (χ0) is 19.1. The first-order chi connectivity index (χ1) is 13.2. The van der Waals surface area contributed by atoms with Gasteiger partial charge in [0.15, 0.2) is 16.6 Å². The van der Waals surface area contributed by atoms with E-state index in [2.05, 4.69) is 41.5 Å². The molecule has 142 valence electrons. The minimum atomic E-state index is -0.139. The molecule has 2 aromatic carbocycles. The van der Waals surface area contributed by atoms with Crippen molar-refractivity contribution in [2.24, 2.45) is 0 Å². The monoisotopic (exact) mass is 382 g/mol. The molecule has 4 nitrogen and oxygen atoms in total. The zero-order valence-electron chi connectivity index (χ0n) is 15.6. The number of unbranched alkanes of at least 4 members (excludes halogenated alkanes) is 4. The molecule has 27 heavy (non-hydrogen) atoms. The molecule has 0 saturated heterocycles. The van der Waals surface area contributed by atoms with Gasteiger partial charge in [-0.2, -0.15) is 0 Å². The third kappa shape index (κ3) is 5.47. The van der Waals surface area contributed by atoms with Crippen LogP contribution in [0.15, 0.2) is 47.8 Å². The quantitative estimate of drug-likeness (QED) is 0.293. The Balaban J connectivity index is 1.56. The van der Waals surface area contributed by atoms with E-state index >= 15 is 0 Å². The summed E-state index contributed by atoms with van der Waals surface area (Å²) in [5.74, 6) is -0.266. The maximum Gasteiger partial charge on any atom is 0.187 e. The lowest BCUT2D eigenvalue weighted by Gasteiger charge is -2.05. The van der Waals surface area contributed by atoms with E-state index in [9.17, 15) is 10.2 Å². The van der Waals surface area contributed by atoms with E-state index in [0.29, 0.717) is 0 Å². The molecule has 3 rings (SSSR count). The number of aromatic nitrogens is 1. The molecule has 0 unspecified atom stereocenters. The fourth-order valence-electron chi connectivity index (χ4n) is 2.96. The predicted octanol–water partition coefficient (Wildman–Crippen LogP) is 6.48. The Morgan fingerprint density at radius 3 is 2.44 bits per heavy atom. The number of benzene rings is 2. The van der Waals surface area contributed by atoms with E-state index in [4.69, 9.17) is 0 Å². The van der Waals surface area contributed by atoms with Gasteiger partial charge in [-0.05, 0) is 48.7 Å². The molecule has 0 saturated carbocycles. The lowest BCUT2D eigenvalue weighted by molar-refractivity contribution is 0.404. The smallest absolute Gasteiger partial charge is 0.187 e. The van der Waals surface area contributed by atoms with E-state index in [1.165, 1.54) is 61.1 Å². The van der Waals surface area contributed by atoms with E-state index in [-0.39, 0.29) is 11.5 Å². The Kier molecular flexibility index (Phi) is 6.71. The van der Waals surface area contributed by atoms with Crippen LogP contribution in [0.2, 0.25) is 0 Å². The zero-order valence-corrected chi connectivity index (χ0v) is 16.4. The van der Waals surface area contributed by atoms with E-state index in [1.54, 1.807) is 6.07 Å². The SMILES string of the molecule is CCCCCCCc1ccc(Nc2nc(-c3ccc(O)c(O)c3)cs2)cc1. The molecule has 0 spiro atoms. The molecule has 5 heteroatoms. The third-order valence-electron chi connectivity index (χ3n) is 4.55. The van der Waals surface area contributed by atoms with E-state index in [0.717, 1.165) is 28.5 Å². The highest BCUT2D eigenvalue weighted by atomic mass is 32.1. The van der Waals surface area contributed by atoms with Gasteiger partial charge in [-0.3, -0.25) is 0 Å². The normalized spacial score (nSPS) is 10.9. The molecule has 3 aromatic rings. The first-order valence-corrected chi connectivity index (χ1v) is 10.4. The highest BCUT2D eigenvalue weighted by Crippen LogP contribution is 2.32. The highest BCUT2D eigenvalue weighted by molar-refractivity contribution is 7.14. The Morgan fingerprint density at radius 1 is 0.926 bits per heavy atom. The van der Waals surface area contributed by atoms with E-state index < -0.39 is 0 Å². The molecule has 3 N–H and O–H groups in total. The van der Waals surface area contributed by atoms with Crippen LogP contribution >= 0.6 is 11.3 Å². The van der Waals surface area contributed by atoms with Gasteiger partial charge in [0.05, 0.1) is 5.69 Å². The van der Waals surface area contributed by atoms with Gasteiger partial charge in [-0.1, -0.05) is 44.7 Å². The maximum absolute atomic E-state index is 9.64. The standard InChI is InChI=1S/C22H26N2O2S/c1-2-3-4-5-6-7-16-8-11-18(12-9-16)23-22-24-19(15-27-22)17-10-13-20(25)21(26)14-17/h8-15,25-26H,2-7H2,1H3,(H,23,24). The van der Waals surface area contributed by atoms with Gasteiger partial charge in [0.2, 0.25) is 0 Å². The number of aryl methyl sites for hydroxylation is 1. The molecular formula is C22H26N2O2S. The lowest BCUT2D eigenvalue weighted by atomic mass is 10.1. The second-order valence-corrected chi connectivity index (χ2v) is 7.59. The van der Waals surface area contributed by atoms with Crippen molar-refractivity contribution in [2.75, 3.05) is 5.32 Å². The molecule has 0 aliphatic rings. The summed E-state index contributed by atoms with van der Waals surface area (Å²) in [4.78, 5) is 4.56. The molecule has 1 aromatic heterocycles. The predicted molar refractivity (Wildman–Crippen MR) is 113 cm³/mol. The number of nitrogens with zero attached hydrogens (tertiary/aromatic N) is 1. The largest absolute Gasteiger partial charge is 0.504 e. The van der Waals surface area contributed by atoms with Crippen LogP contribution in [-0.2, 0) is 6.42 Å².